The first-order chi connectivity index (χ1) is 15.7. The minimum atomic E-state index is -0.374. The Morgan fingerprint density at radius 1 is 1.09 bits per heavy atom. The number of benzene rings is 2. The van der Waals surface area contributed by atoms with E-state index in [2.05, 4.69) is 27.6 Å². The van der Waals surface area contributed by atoms with E-state index in [0.29, 0.717) is 16.4 Å². The first-order valence-electron chi connectivity index (χ1n) is 11.0. The standard InChI is InChI=1S/C25H29ClN4O2/c1-2-3-4-5-6-7-15-32-22-13-11-20(12-14-22)23-17-24(29-28-23)25(31)30-27-18-19-9-8-10-21(26)16-19/h8-14,16-18H,2-7,15H2,1H3,(H,28,29)(H,30,31). The number of H-pyrrole nitrogens is 1. The molecule has 2 N–H and O–H groups in total. The molecule has 0 aliphatic carbocycles. The number of aromatic amines is 1. The third-order valence-corrected chi connectivity index (χ3v) is 5.20. The Bertz CT molecular complexity index is 1010. The number of hydrazone groups is 1. The maximum Gasteiger partial charge on any atom is 0.289 e. The molecule has 1 aromatic heterocycles. The zero-order valence-corrected chi connectivity index (χ0v) is 19.1. The monoisotopic (exact) mass is 452 g/mol. The molecule has 0 aliphatic rings. The zero-order chi connectivity index (χ0) is 22.6. The summed E-state index contributed by atoms with van der Waals surface area (Å²) in [7, 11) is 0. The minimum absolute atomic E-state index is 0.326. The Labute approximate surface area is 194 Å². The fourth-order valence-electron chi connectivity index (χ4n) is 3.19. The summed E-state index contributed by atoms with van der Waals surface area (Å²) in [6.45, 7) is 2.96. The molecule has 1 amide bonds. The summed E-state index contributed by atoms with van der Waals surface area (Å²) in [6, 6.07) is 16.6. The van der Waals surface area contributed by atoms with Crippen molar-refractivity contribution in [1.29, 1.82) is 0 Å². The summed E-state index contributed by atoms with van der Waals surface area (Å²) in [5.41, 5.74) is 5.18. The van der Waals surface area contributed by atoms with Crippen LogP contribution in [0.3, 0.4) is 0 Å². The summed E-state index contributed by atoms with van der Waals surface area (Å²) in [5.74, 6) is 0.465. The highest BCUT2D eigenvalue weighted by Gasteiger charge is 2.10. The number of unbranched alkanes of at least 4 members (excludes halogenated alkanes) is 5. The maximum absolute atomic E-state index is 12.3. The van der Waals surface area contributed by atoms with Gasteiger partial charge in [0, 0.05) is 10.6 Å². The molecule has 0 atom stereocenters. The van der Waals surface area contributed by atoms with E-state index in [1.807, 2.05) is 36.4 Å². The summed E-state index contributed by atoms with van der Waals surface area (Å²) in [6.07, 6.45) is 8.98. The van der Waals surface area contributed by atoms with Crippen molar-refractivity contribution in [2.45, 2.75) is 45.4 Å². The number of halogens is 1. The molecule has 0 saturated heterocycles. The SMILES string of the molecule is CCCCCCCCOc1ccc(-c2cc(C(=O)NN=Cc3cccc(Cl)c3)[nH]n2)cc1. The third-order valence-electron chi connectivity index (χ3n) is 4.97. The lowest BCUT2D eigenvalue weighted by Gasteiger charge is -2.06. The van der Waals surface area contributed by atoms with Crippen LogP contribution in [0.1, 0.15) is 61.5 Å². The molecule has 0 unspecified atom stereocenters. The van der Waals surface area contributed by atoms with Gasteiger partial charge in [0.25, 0.3) is 5.91 Å². The van der Waals surface area contributed by atoms with Crippen LogP contribution in [0.25, 0.3) is 11.3 Å². The van der Waals surface area contributed by atoms with Crippen molar-refractivity contribution in [3.05, 3.63) is 70.9 Å². The van der Waals surface area contributed by atoms with Crippen LogP contribution >= 0.6 is 11.6 Å². The lowest BCUT2D eigenvalue weighted by molar-refractivity contribution is 0.0950. The van der Waals surface area contributed by atoms with Gasteiger partial charge in [-0.3, -0.25) is 9.89 Å². The van der Waals surface area contributed by atoms with Crippen molar-refractivity contribution in [1.82, 2.24) is 15.6 Å². The molecule has 0 fully saturated rings. The first kappa shape index (κ1) is 23.5. The van der Waals surface area contributed by atoms with E-state index in [-0.39, 0.29) is 5.91 Å². The molecule has 0 spiro atoms. The highest BCUT2D eigenvalue weighted by Crippen LogP contribution is 2.21. The Kier molecular flexibility index (Phi) is 9.32. The highest BCUT2D eigenvalue weighted by molar-refractivity contribution is 6.30. The van der Waals surface area contributed by atoms with Crippen LogP contribution in [0.4, 0.5) is 0 Å². The molecule has 1 heterocycles. The number of aromatic nitrogens is 2. The number of carbonyl (C=O) groups excluding carboxylic acids is 1. The van der Waals surface area contributed by atoms with Gasteiger partial charge in [-0.05, 0) is 54.4 Å². The second-order valence-electron chi connectivity index (χ2n) is 7.56. The molecule has 2 aromatic carbocycles. The number of hydrogen-bond acceptors (Lipinski definition) is 4. The Morgan fingerprint density at radius 2 is 1.88 bits per heavy atom. The Morgan fingerprint density at radius 3 is 2.66 bits per heavy atom. The van der Waals surface area contributed by atoms with Crippen LogP contribution in [-0.4, -0.2) is 28.9 Å². The van der Waals surface area contributed by atoms with E-state index in [1.54, 1.807) is 18.2 Å². The van der Waals surface area contributed by atoms with E-state index in [1.165, 1.54) is 38.3 Å². The van der Waals surface area contributed by atoms with Gasteiger partial charge in [0.15, 0.2) is 0 Å². The van der Waals surface area contributed by atoms with Crippen molar-refractivity contribution >= 4 is 23.7 Å². The Balaban J connectivity index is 1.46. The number of nitrogens with one attached hydrogen (secondary N) is 2. The van der Waals surface area contributed by atoms with Gasteiger partial charge in [-0.15, -0.1) is 0 Å². The van der Waals surface area contributed by atoms with Gasteiger partial charge < -0.3 is 4.74 Å². The first-order valence-corrected chi connectivity index (χ1v) is 11.4. The number of carbonyl (C=O) groups is 1. The Hall–Kier alpha value is -3.12. The van der Waals surface area contributed by atoms with Crippen molar-refractivity contribution in [2.75, 3.05) is 6.61 Å². The molecule has 7 heteroatoms. The molecule has 0 bridgehead atoms. The van der Waals surface area contributed by atoms with Gasteiger partial charge in [0.1, 0.15) is 11.4 Å². The van der Waals surface area contributed by atoms with E-state index < -0.39 is 0 Å². The molecular weight excluding hydrogens is 424 g/mol. The van der Waals surface area contributed by atoms with Crippen LogP contribution in [0, 0.1) is 0 Å². The van der Waals surface area contributed by atoms with Crippen LogP contribution < -0.4 is 10.2 Å². The van der Waals surface area contributed by atoms with Crippen LogP contribution in [0.15, 0.2) is 59.7 Å². The molecule has 3 aromatic rings. The number of ether oxygens (including phenoxy) is 1. The normalized spacial score (nSPS) is 11.1. The smallest absolute Gasteiger partial charge is 0.289 e. The number of hydrogen-bond donors (Lipinski definition) is 2. The van der Waals surface area contributed by atoms with Crippen LogP contribution in [0.5, 0.6) is 5.75 Å². The fourth-order valence-corrected chi connectivity index (χ4v) is 3.39. The molecule has 168 valence electrons. The van der Waals surface area contributed by atoms with Crippen molar-refractivity contribution in [3.8, 4) is 17.0 Å². The average molecular weight is 453 g/mol. The van der Waals surface area contributed by atoms with Gasteiger partial charge in [-0.25, -0.2) is 5.43 Å². The summed E-state index contributed by atoms with van der Waals surface area (Å²) in [5, 5.41) is 11.6. The highest BCUT2D eigenvalue weighted by atomic mass is 35.5. The third kappa shape index (κ3) is 7.54. The van der Waals surface area contributed by atoms with E-state index in [9.17, 15) is 4.79 Å². The number of nitrogens with zero attached hydrogens (tertiary/aromatic N) is 2. The molecular formula is C25H29ClN4O2. The number of rotatable bonds is 12. The van der Waals surface area contributed by atoms with Gasteiger partial charge in [0.05, 0.1) is 18.5 Å². The lowest BCUT2D eigenvalue weighted by atomic mass is 10.1. The molecule has 6 nitrogen and oxygen atoms in total. The fraction of sp³-hybridized carbons (Fsp3) is 0.320. The van der Waals surface area contributed by atoms with Crippen LogP contribution in [-0.2, 0) is 0 Å². The minimum Gasteiger partial charge on any atom is -0.494 e. The van der Waals surface area contributed by atoms with Crippen molar-refractivity contribution < 1.29 is 9.53 Å². The maximum atomic E-state index is 12.3. The average Bonchev–Trinajstić information content (AvgIpc) is 3.29. The van der Waals surface area contributed by atoms with Gasteiger partial charge in [-0.1, -0.05) is 62.8 Å². The second-order valence-corrected chi connectivity index (χ2v) is 8.00. The molecule has 0 saturated carbocycles. The molecule has 3 rings (SSSR count). The predicted octanol–water partition coefficient (Wildman–Crippen LogP) is 6.23. The zero-order valence-electron chi connectivity index (χ0n) is 18.3. The molecule has 32 heavy (non-hydrogen) atoms. The van der Waals surface area contributed by atoms with E-state index in [0.717, 1.165) is 29.9 Å². The molecule has 0 aliphatic heterocycles. The predicted molar refractivity (Wildman–Crippen MR) is 129 cm³/mol. The van der Waals surface area contributed by atoms with Gasteiger partial charge in [-0.2, -0.15) is 10.2 Å². The van der Waals surface area contributed by atoms with Gasteiger partial charge >= 0.3 is 0 Å². The topological polar surface area (TPSA) is 79.4 Å². The largest absolute Gasteiger partial charge is 0.494 e. The van der Waals surface area contributed by atoms with Gasteiger partial charge in [0.2, 0.25) is 0 Å². The van der Waals surface area contributed by atoms with Crippen LogP contribution in [0.2, 0.25) is 5.02 Å². The van der Waals surface area contributed by atoms with E-state index >= 15 is 0 Å². The van der Waals surface area contributed by atoms with Crippen molar-refractivity contribution in [2.24, 2.45) is 5.10 Å². The summed E-state index contributed by atoms with van der Waals surface area (Å²) >= 11 is 5.94. The van der Waals surface area contributed by atoms with Crippen molar-refractivity contribution in [3.63, 3.8) is 0 Å². The van der Waals surface area contributed by atoms with E-state index in [4.69, 9.17) is 16.3 Å². The molecule has 0 radical (unpaired) electrons. The summed E-state index contributed by atoms with van der Waals surface area (Å²) < 4.78 is 5.82. The quantitative estimate of drug-likeness (QED) is 0.194. The number of amides is 1. The summed E-state index contributed by atoms with van der Waals surface area (Å²) in [4.78, 5) is 12.3. The lowest BCUT2D eigenvalue weighted by Crippen LogP contribution is -2.17. The second kappa shape index (κ2) is 12.7.